The fourth-order valence-corrected chi connectivity index (χ4v) is 5.42. The van der Waals surface area contributed by atoms with Gasteiger partial charge in [0.1, 0.15) is 0 Å². The molecule has 1 aliphatic rings. The van der Waals surface area contributed by atoms with Crippen molar-refractivity contribution in [2.75, 3.05) is 43.3 Å². The first-order valence-electron chi connectivity index (χ1n) is 10.9. The normalized spacial score (nSPS) is 16.0. The second-order valence-corrected chi connectivity index (χ2v) is 11.0. The Hall–Kier alpha value is -1.62. The van der Waals surface area contributed by atoms with Crippen LogP contribution in [-0.2, 0) is 14.3 Å². The average Bonchev–Trinajstić information content (AvgIpc) is 2.78. The van der Waals surface area contributed by atoms with Crippen LogP contribution in [0.2, 0.25) is 5.02 Å². The van der Waals surface area contributed by atoms with E-state index in [1.54, 1.807) is 12.0 Å². The van der Waals surface area contributed by atoms with Gasteiger partial charge in [0, 0.05) is 36.3 Å². The lowest BCUT2D eigenvalue weighted by Gasteiger charge is -2.29. The minimum atomic E-state index is -0.505. The average molecular weight is 468 g/mol. The molecule has 1 aliphatic carbocycles. The van der Waals surface area contributed by atoms with E-state index in [0.29, 0.717) is 47.9 Å². The topological polar surface area (TPSA) is 84.7 Å². The first-order chi connectivity index (χ1) is 14.8. The van der Waals surface area contributed by atoms with E-state index in [1.165, 1.54) is 0 Å². The van der Waals surface area contributed by atoms with Gasteiger partial charge < -0.3 is 20.7 Å². The van der Waals surface area contributed by atoms with Gasteiger partial charge in [-0.3, -0.25) is 9.59 Å². The Morgan fingerprint density at radius 2 is 1.94 bits per heavy atom. The number of nitrogens with one attached hydrogen (secondary N) is 1. The zero-order valence-electron chi connectivity index (χ0n) is 19.0. The van der Waals surface area contributed by atoms with Crippen LogP contribution >= 0.6 is 19.5 Å². The van der Waals surface area contributed by atoms with Crippen LogP contribution in [0.5, 0.6) is 0 Å². The largest absolute Gasteiger partial charge is 0.383 e. The van der Waals surface area contributed by atoms with Crippen LogP contribution in [0.25, 0.3) is 0 Å². The van der Waals surface area contributed by atoms with Crippen molar-refractivity contribution in [2.45, 2.75) is 51.7 Å². The van der Waals surface area contributed by atoms with Crippen molar-refractivity contribution in [2.24, 2.45) is 5.73 Å². The fourth-order valence-electron chi connectivity index (χ4n) is 3.82. The quantitative estimate of drug-likeness (QED) is 0.451. The number of ether oxygens (including phenoxy) is 1. The van der Waals surface area contributed by atoms with Gasteiger partial charge in [0.25, 0.3) is 5.91 Å². The third kappa shape index (κ3) is 6.68. The van der Waals surface area contributed by atoms with Crippen molar-refractivity contribution in [3.05, 3.63) is 34.4 Å². The van der Waals surface area contributed by atoms with E-state index in [2.05, 4.69) is 25.8 Å². The molecule has 0 aliphatic heterocycles. The molecular weight excluding hydrogens is 433 g/mol. The summed E-state index contributed by atoms with van der Waals surface area (Å²) in [6.45, 7) is 7.40. The van der Waals surface area contributed by atoms with Crippen LogP contribution in [-0.4, -0.2) is 50.7 Å². The Kier molecular flexibility index (Phi) is 10.3. The summed E-state index contributed by atoms with van der Waals surface area (Å²) >= 11 is 6.49. The van der Waals surface area contributed by atoms with Gasteiger partial charge in [-0.1, -0.05) is 33.4 Å². The standard InChI is InChI=1S/C23H35ClN3O3P/c1-5-21(31(4)6-2)26-20-15-16(11-12-19(20)24)27(13-14-30-3)23(29)18-10-8-7-9-17(18)22(25)28/h11-12,15,21,26H,5-10,13-14H2,1-4H3,(H2,25,28). The number of amides is 2. The molecule has 2 atom stereocenters. The Bertz CT molecular complexity index is 815. The first-order valence-corrected chi connectivity index (χ1v) is 13.3. The van der Waals surface area contributed by atoms with Crippen molar-refractivity contribution < 1.29 is 14.3 Å². The molecule has 31 heavy (non-hydrogen) atoms. The molecule has 0 fully saturated rings. The minimum absolute atomic E-state index is 0.177. The molecule has 8 heteroatoms. The Morgan fingerprint density at radius 1 is 1.26 bits per heavy atom. The molecule has 0 aromatic heterocycles. The third-order valence-electron chi connectivity index (χ3n) is 5.79. The lowest BCUT2D eigenvalue weighted by Crippen LogP contribution is -2.37. The molecule has 172 valence electrons. The van der Waals surface area contributed by atoms with Gasteiger partial charge >= 0.3 is 0 Å². The maximum Gasteiger partial charge on any atom is 0.254 e. The summed E-state index contributed by atoms with van der Waals surface area (Å²) in [5.74, 6) is -0.342. The molecule has 2 unspecified atom stereocenters. The number of anilines is 2. The summed E-state index contributed by atoms with van der Waals surface area (Å²) in [7, 11) is 1.43. The maximum absolute atomic E-state index is 13.5. The molecule has 0 heterocycles. The SMILES string of the molecule is CCC(Nc1cc(N(CCOC)C(=O)C2=C(C(N)=O)CCCC2)ccc1Cl)P(C)CC. The van der Waals surface area contributed by atoms with Crippen LogP contribution in [0.4, 0.5) is 11.4 Å². The summed E-state index contributed by atoms with van der Waals surface area (Å²) < 4.78 is 5.25. The van der Waals surface area contributed by atoms with Crippen molar-refractivity contribution in [1.82, 2.24) is 0 Å². The monoisotopic (exact) mass is 467 g/mol. The van der Waals surface area contributed by atoms with Crippen molar-refractivity contribution >= 4 is 42.7 Å². The van der Waals surface area contributed by atoms with E-state index in [-0.39, 0.29) is 13.8 Å². The summed E-state index contributed by atoms with van der Waals surface area (Å²) in [5, 5.41) is 4.21. The number of hydrogen-bond donors (Lipinski definition) is 2. The molecule has 0 saturated heterocycles. The Labute approximate surface area is 192 Å². The van der Waals surface area contributed by atoms with Crippen LogP contribution in [0.3, 0.4) is 0 Å². The Balaban J connectivity index is 2.42. The number of carbonyl (C=O) groups is 2. The number of benzene rings is 1. The minimum Gasteiger partial charge on any atom is -0.383 e. The molecule has 6 nitrogen and oxygen atoms in total. The number of rotatable bonds is 11. The molecular formula is C23H35ClN3O3P. The molecule has 2 amide bonds. The zero-order chi connectivity index (χ0) is 23.0. The van der Waals surface area contributed by atoms with Crippen LogP contribution < -0.4 is 16.0 Å². The van der Waals surface area contributed by atoms with Gasteiger partial charge in [-0.25, -0.2) is 0 Å². The number of carbonyl (C=O) groups excluding carboxylic acids is 2. The van der Waals surface area contributed by atoms with Crippen molar-refractivity contribution in [3.63, 3.8) is 0 Å². The highest BCUT2D eigenvalue weighted by Gasteiger charge is 2.27. The molecule has 3 N–H and O–H groups in total. The molecule has 0 radical (unpaired) electrons. The lowest BCUT2D eigenvalue weighted by atomic mass is 9.90. The second kappa shape index (κ2) is 12.4. The van der Waals surface area contributed by atoms with Gasteiger partial charge in [-0.05, 0) is 63.1 Å². The van der Waals surface area contributed by atoms with Gasteiger partial charge in [-0.15, -0.1) is 0 Å². The number of methoxy groups -OCH3 is 1. The molecule has 0 spiro atoms. The Morgan fingerprint density at radius 3 is 2.52 bits per heavy atom. The highest BCUT2D eigenvalue weighted by atomic mass is 35.5. The molecule has 2 rings (SSSR count). The predicted octanol–water partition coefficient (Wildman–Crippen LogP) is 4.95. The van der Waals surface area contributed by atoms with Gasteiger partial charge in [-0.2, -0.15) is 0 Å². The van der Waals surface area contributed by atoms with E-state index < -0.39 is 5.91 Å². The van der Waals surface area contributed by atoms with E-state index in [9.17, 15) is 9.59 Å². The highest BCUT2D eigenvalue weighted by Crippen LogP contribution is 2.40. The molecule has 1 aromatic rings. The number of primary amides is 1. The van der Waals surface area contributed by atoms with E-state index in [0.717, 1.165) is 36.8 Å². The van der Waals surface area contributed by atoms with E-state index >= 15 is 0 Å². The van der Waals surface area contributed by atoms with E-state index in [1.807, 2.05) is 18.2 Å². The van der Waals surface area contributed by atoms with Gasteiger partial charge in [0.15, 0.2) is 0 Å². The van der Waals surface area contributed by atoms with Crippen LogP contribution in [0.1, 0.15) is 46.0 Å². The summed E-state index contributed by atoms with van der Waals surface area (Å²) in [6, 6.07) is 5.57. The summed E-state index contributed by atoms with van der Waals surface area (Å²) in [4.78, 5) is 27.1. The second-order valence-electron chi connectivity index (χ2n) is 7.78. The summed E-state index contributed by atoms with van der Waals surface area (Å²) in [5.41, 5.74) is 8.09. The third-order valence-corrected chi connectivity index (χ3v) is 8.67. The van der Waals surface area contributed by atoms with Crippen LogP contribution in [0, 0.1) is 0 Å². The number of hydrogen-bond acceptors (Lipinski definition) is 4. The maximum atomic E-state index is 13.5. The van der Waals surface area contributed by atoms with Gasteiger partial charge in [0.05, 0.1) is 17.3 Å². The number of halogens is 1. The number of nitrogens with zero attached hydrogens (tertiary/aromatic N) is 1. The predicted molar refractivity (Wildman–Crippen MR) is 131 cm³/mol. The number of nitrogens with two attached hydrogens (primary N) is 1. The highest BCUT2D eigenvalue weighted by molar-refractivity contribution is 7.57. The van der Waals surface area contributed by atoms with E-state index in [4.69, 9.17) is 22.1 Å². The fraction of sp³-hybridized carbons (Fsp3) is 0.565. The molecule has 0 saturated carbocycles. The van der Waals surface area contributed by atoms with Crippen molar-refractivity contribution in [1.29, 1.82) is 0 Å². The first kappa shape index (κ1) is 25.6. The summed E-state index contributed by atoms with van der Waals surface area (Å²) in [6.07, 6.45) is 4.99. The van der Waals surface area contributed by atoms with Crippen molar-refractivity contribution in [3.8, 4) is 0 Å². The smallest absolute Gasteiger partial charge is 0.254 e. The molecule has 1 aromatic carbocycles. The lowest BCUT2D eigenvalue weighted by molar-refractivity contribution is -0.118. The van der Waals surface area contributed by atoms with Crippen LogP contribution in [0.15, 0.2) is 29.3 Å². The zero-order valence-corrected chi connectivity index (χ0v) is 20.7. The molecule has 0 bridgehead atoms. The van der Waals surface area contributed by atoms with Gasteiger partial charge in [0.2, 0.25) is 5.91 Å².